The van der Waals surface area contributed by atoms with Crippen LogP contribution in [0.3, 0.4) is 0 Å². The van der Waals surface area contributed by atoms with Gasteiger partial charge in [0.15, 0.2) is 0 Å². The normalized spacial score (nSPS) is 13.0. The van der Waals surface area contributed by atoms with E-state index in [1.807, 2.05) is 28.3 Å². The van der Waals surface area contributed by atoms with Crippen LogP contribution in [0.5, 0.6) is 0 Å². The highest BCUT2D eigenvalue weighted by Crippen LogP contribution is 2.23. The molecule has 3 rings (SSSR count). The topological polar surface area (TPSA) is 77.0 Å². The van der Waals surface area contributed by atoms with Gasteiger partial charge in [0.1, 0.15) is 0 Å². The second-order valence-corrected chi connectivity index (χ2v) is 4.87. The molecule has 1 aromatic carbocycles. The molecule has 1 atom stereocenters. The van der Waals surface area contributed by atoms with Gasteiger partial charge in [-0.3, -0.25) is 0 Å². The van der Waals surface area contributed by atoms with E-state index in [1.54, 1.807) is 23.9 Å². The van der Waals surface area contributed by atoms with E-state index in [2.05, 4.69) is 9.97 Å². The molecule has 0 fully saturated rings. The molecule has 2 aromatic heterocycles. The number of hydrogen-bond acceptors (Lipinski definition) is 5. The van der Waals surface area contributed by atoms with Gasteiger partial charge >= 0.3 is 0 Å². The Balaban J connectivity index is 2.11. The molecular weight excluding hydrogens is 248 g/mol. The molecule has 5 nitrogen and oxygen atoms in total. The Kier molecular flexibility index (Phi) is 2.83. The molecule has 1 unspecified atom stereocenters. The Labute approximate surface area is 108 Å². The molecule has 0 spiro atoms. The molecule has 0 amide bonds. The fourth-order valence-electron chi connectivity index (χ4n) is 1.88. The standard InChI is InChI=1S/C12H12N4OS/c13-9(5-17)11-4-14-6-16(11)8-1-2-10-12(3-8)18-7-15-10/h1-4,6-7,9,17H,5,13H2. The number of rotatable bonds is 3. The third-order valence-electron chi connectivity index (χ3n) is 2.84. The summed E-state index contributed by atoms with van der Waals surface area (Å²) in [5.74, 6) is 0. The first kappa shape index (κ1) is 11.3. The zero-order chi connectivity index (χ0) is 12.5. The van der Waals surface area contributed by atoms with Crippen LogP contribution in [0.2, 0.25) is 0 Å². The summed E-state index contributed by atoms with van der Waals surface area (Å²) >= 11 is 1.59. The third kappa shape index (κ3) is 1.80. The van der Waals surface area contributed by atoms with Crippen molar-refractivity contribution in [1.29, 1.82) is 0 Å². The summed E-state index contributed by atoms with van der Waals surface area (Å²) in [5.41, 5.74) is 10.4. The molecule has 6 heteroatoms. The Hall–Kier alpha value is -1.76. The smallest absolute Gasteiger partial charge is 0.0994 e. The molecule has 0 aliphatic carbocycles. The number of hydrogen-bond donors (Lipinski definition) is 2. The van der Waals surface area contributed by atoms with Crippen molar-refractivity contribution in [2.45, 2.75) is 6.04 Å². The Morgan fingerprint density at radius 1 is 1.44 bits per heavy atom. The average Bonchev–Trinajstić information content (AvgIpc) is 3.05. The van der Waals surface area contributed by atoms with Crippen molar-refractivity contribution in [1.82, 2.24) is 14.5 Å². The van der Waals surface area contributed by atoms with Gasteiger partial charge in [-0.05, 0) is 18.2 Å². The van der Waals surface area contributed by atoms with E-state index in [4.69, 9.17) is 10.8 Å². The van der Waals surface area contributed by atoms with E-state index in [1.165, 1.54) is 0 Å². The number of imidazole rings is 1. The Bertz CT molecular complexity index is 675. The Morgan fingerprint density at radius 3 is 3.17 bits per heavy atom. The fourth-order valence-corrected chi connectivity index (χ4v) is 2.59. The SMILES string of the molecule is NC(CO)c1cncn1-c1ccc2ncsc2c1. The number of fused-ring (bicyclic) bond motifs is 1. The molecule has 0 aliphatic heterocycles. The van der Waals surface area contributed by atoms with Gasteiger partial charge < -0.3 is 15.4 Å². The molecule has 0 saturated heterocycles. The van der Waals surface area contributed by atoms with Crippen molar-refractivity contribution in [3.63, 3.8) is 0 Å². The number of benzene rings is 1. The summed E-state index contributed by atoms with van der Waals surface area (Å²) in [6.07, 6.45) is 3.38. The van der Waals surface area contributed by atoms with Crippen LogP contribution in [0.15, 0.2) is 36.2 Å². The lowest BCUT2D eigenvalue weighted by Crippen LogP contribution is -2.17. The van der Waals surface area contributed by atoms with Crippen LogP contribution in [-0.2, 0) is 0 Å². The lowest BCUT2D eigenvalue weighted by Gasteiger charge is -2.12. The van der Waals surface area contributed by atoms with Gasteiger partial charge in [-0.2, -0.15) is 0 Å². The van der Waals surface area contributed by atoms with Crippen LogP contribution in [0.25, 0.3) is 15.9 Å². The second kappa shape index (κ2) is 4.49. The summed E-state index contributed by atoms with van der Waals surface area (Å²) in [4.78, 5) is 8.34. The van der Waals surface area contributed by atoms with E-state index in [0.29, 0.717) is 0 Å². The lowest BCUT2D eigenvalue weighted by molar-refractivity contribution is 0.265. The number of aliphatic hydroxyl groups excluding tert-OH is 1. The van der Waals surface area contributed by atoms with Gasteiger partial charge in [-0.1, -0.05) is 0 Å². The molecule has 3 aromatic rings. The van der Waals surface area contributed by atoms with Gasteiger partial charge in [0.25, 0.3) is 0 Å². The van der Waals surface area contributed by atoms with E-state index in [-0.39, 0.29) is 6.61 Å². The molecule has 3 N–H and O–H groups in total. The van der Waals surface area contributed by atoms with Gasteiger partial charge in [0, 0.05) is 5.69 Å². The van der Waals surface area contributed by atoms with Crippen molar-refractivity contribution in [3.8, 4) is 5.69 Å². The van der Waals surface area contributed by atoms with E-state index in [9.17, 15) is 0 Å². The molecule has 0 bridgehead atoms. The number of aromatic nitrogens is 3. The van der Waals surface area contributed by atoms with Gasteiger partial charge in [-0.25, -0.2) is 9.97 Å². The zero-order valence-corrected chi connectivity index (χ0v) is 10.3. The third-order valence-corrected chi connectivity index (χ3v) is 3.63. The van der Waals surface area contributed by atoms with Crippen molar-refractivity contribution < 1.29 is 5.11 Å². The molecular formula is C12H12N4OS. The minimum Gasteiger partial charge on any atom is -0.394 e. The lowest BCUT2D eigenvalue weighted by atomic mass is 10.2. The van der Waals surface area contributed by atoms with Crippen molar-refractivity contribution >= 4 is 21.6 Å². The van der Waals surface area contributed by atoms with E-state index in [0.717, 1.165) is 21.6 Å². The van der Waals surface area contributed by atoms with Crippen LogP contribution in [-0.4, -0.2) is 26.2 Å². The highest BCUT2D eigenvalue weighted by atomic mass is 32.1. The predicted molar refractivity (Wildman–Crippen MR) is 70.8 cm³/mol. The summed E-state index contributed by atoms with van der Waals surface area (Å²) in [5, 5.41) is 9.14. The largest absolute Gasteiger partial charge is 0.394 e. The molecule has 2 heterocycles. The summed E-state index contributed by atoms with van der Waals surface area (Å²) in [7, 11) is 0. The average molecular weight is 260 g/mol. The maximum atomic E-state index is 9.14. The van der Waals surface area contributed by atoms with E-state index < -0.39 is 6.04 Å². The van der Waals surface area contributed by atoms with Crippen LogP contribution in [0, 0.1) is 0 Å². The number of thiazole rings is 1. The first-order valence-electron chi connectivity index (χ1n) is 5.52. The first-order valence-corrected chi connectivity index (χ1v) is 6.40. The molecule has 0 aliphatic rings. The van der Waals surface area contributed by atoms with E-state index >= 15 is 0 Å². The maximum absolute atomic E-state index is 9.14. The summed E-state index contributed by atoms with van der Waals surface area (Å²) in [6.45, 7) is -0.103. The predicted octanol–water partition coefficient (Wildman–Crippen LogP) is 1.47. The summed E-state index contributed by atoms with van der Waals surface area (Å²) in [6, 6.07) is 5.55. The number of nitrogens with two attached hydrogens (primary N) is 1. The van der Waals surface area contributed by atoms with Crippen molar-refractivity contribution in [2.24, 2.45) is 5.73 Å². The first-order chi connectivity index (χ1) is 8.79. The highest BCUT2D eigenvalue weighted by Gasteiger charge is 2.12. The van der Waals surface area contributed by atoms with Crippen LogP contribution in [0.4, 0.5) is 0 Å². The zero-order valence-electron chi connectivity index (χ0n) is 9.52. The van der Waals surface area contributed by atoms with Crippen LogP contribution < -0.4 is 5.73 Å². The minimum atomic E-state index is -0.426. The molecule has 18 heavy (non-hydrogen) atoms. The van der Waals surface area contributed by atoms with Gasteiger partial charge in [0.2, 0.25) is 0 Å². The number of aliphatic hydroxyl groups is 1. The van der Waals surface area contributed by atoms with Crippen molar-refractivity contribution in [2.75, 3.05) is 6.61 Å². The molecule has 0 saturated carbocycles. The monoisotopic (exact) mass is 260 g/mol. The van der Waals surface area contributed by atoms with Crippen molar-refractivity contribution in [3.05, 3.63) is 41.9 Å². The quantitative estimate of drug-likeness (QED) is 0.747. The highest BCUT2D eigenvalue weighted by molar-refractivity contribution is 7.16. The molecule has 92 valence electrons. The Morgan fingerprint density at radius 2 is 2.33 bits per heavy atom. The van der Waals surface area contributed by atoms with Crippen LogP contribution in [0.1, 0.15) is 11.7 Å². The minimum absolute atomic E-state index is 0.103. The second-order valence-electron chi connectivity index (χ2n) is 3.98. The van der Waals surface area contributed by atoms with Gasteiger partial charge in [-0.15, -0.1) is 11.3 Å². The number of nitrogens with zero attached hydrogens (tertiary/aromatic N) is 3. The van der Waals surface area contributed by atoms with Gasteiger partial charge in [0.05, 0.1) is 46.6 Å². The fraction of sp³-hybridized carbons (Fsp3) is 0.167. The summed E-state index contributed by atoms with van der Waals surface area (Å²) < 4.78 is 3.00. The van der Waals surface area contributed by atoms with Crippen LogP contribution >= 0.6 is 11.3 Å². The molecule has 0 radical (unpaired) electrons. The maximum Gasteiger partial charge on any atom is 0.0994 e.